The van der Waals surface area contributed by atoms with Crippen LogP contribution in [0.4, 0.5) is 10.8 Å². The van der Waals surface area contributed by atoms with Crippen molar-refractivity contribution < 1.29 is 4.79 Å². The first kappa shape index (κ1) is 11.5. The molecular weight excluding hydrogens is 260 g/mol. The second-order valence-corrected chi connectivity index (χ2v) is 6.78. The van der Waals surface area contributed by atoms with Gasteiger partial charge in [-0.2, -0.15) is 4.37 Å². The number of hydrogen-bond donors (Lipinski definition) is 3. The maximum absolute atomic E-state index is 11.8. The van der Waals surface area contributed by atoms with Crippen molar-refractivity contribution in [3.8, 4) is 0 Å². The summed E-state index contributed by atoms with van der Waals surface area (Å²) in [6.07, 6.45) is 4.23. The smallest absolute Gasteiger partial charge is 0.257 e. The van der Waals surface area contributed by atoms with Gasteiger partial charge in [0.25, 0.3) is 5.91 Å². The Hall–Kier alpha value is -1.30. The number of carbonyl (C=O) groups is 1. The Morgan fingerprint density at radius 1 is 1.37 bits per heavy atom. The number of nitrogens with two attached hydrogens (primary N) is 1. The standard InChI is InChI=1S/C13H18N4OS/c1-15-12(18)9-11(14)17-19-13(9)16-10-7-5-2-3-6(4-5)8(7)10/h5-8,10,16H,2-4H2,1H3,(H2,14,17)(H,15,18). The van der Waals surface area contributed by atoms with Crippen LogP contribution >= 0.6 is 11.5 Å². The van der Waals surface area contributed by atoms with E-state index >= 15 is 0 Å². The van der Waals surface area contributed by atoms with Gasteiger partial charge in [-0.25, -0.2) is 0 Å². The average Bonchev–Trinajstić information content (AvgIpc) is 2.78. The SMILES string of the molecule is CNC(=O)c1c(N)nsc1NC1C2C3CCC(C3)C12. The van der Waals surface area contributed by atoms with Gasteiger partial charge in [0.15, 0.2) is 5.82 Å². The maximum Gasteiger partial charge on any atom is 0.257 e. The molecule has 0 aromatic carbocycles. The van der Waals surface area contributed by atoms with Gasteiger partial charge in [0.2, 0.25) is 0 Å². The van der Waals surface area contributed by atoms with Crippen LogP contribution in [0.25, 0.3) is 0 Å². The highest BCUT2D eigenvalue weighted by molar-refractivity contribution is 7.11. The van der Waals surface area contributed by atoms with Crippen LogP contribution in [0.2, 0.25) is 0 Å². The second-order valence-electron chi connectivity index (χ2n) is 6.01. The van der Waals surface area contributed by atoms with Gasteiger partial charge in [-0.05, 0) is 54.5 Å². The van der Waals surface area contributed by atoms with Crippen LogP contribution < -0.4 is 16.4 Å². The third-order valence-corrected chi connectivity index (χ3v) is 6.00. The highest BCUT2D eigenvalue weighted by Crippen LogP contribution is 2.66. The molecule has 3 aliphatic carbocycles. The minimum Gasteiger partial charge on any atom is -0.382 e. The molecule has 1 amide bonds. The quantitative estimate of drug-likeness (QED) is 0.783. The van der Waals surface area contributed by atoms with E-state index in [1.807, 2.05) is 0 Å². The zero-order valence-electron chi connectivity index (χ0n) is 10.8. The van der Waals surface area contributed by atoms with Crippen LogP contribution in [0, 0.1) is 23.7 Å². The molecule has 3 fully saturated rings. The third-order valence-electron chi connectivity index (χ3n) is 5.21. The number of nitrogens with zero attached hydrogens (tertiary/aromatic N) is 1. The van der Waals surface area contributed by atoms with Crippen LogP contribution in [0.1, 0.15) is 29.6 Å². The van der Waals surface area contributed by atoms with Gasteiger partial charge in [0.1, 0.15) is 10.6 Å². The molecule has 4 rings (SSSR count). The molecule has 4 N–H and O–H groups in total. The summed E-state index contributed by atoms with van der Waals surface area (Å²) in [5.74, 6) is 3.69. The highest BCUT2D eigenvalue weighted by atomic mass is 32.1. The molecule has 0 aliphatic heterocycles. The summed E-state index contributed by atoms with van der Waals surface area (Å²) >= 11 is 1.30. The van der Waals surface area contributed by atoms with Gasteiger partial charge in [-0.3, -0.25) is 4.79 Å². The molecule has 0 saturated heterocycles. The number of carbonyl (C=O) groups excluding carboxylic acids is 1. The lowest BCUT2D eigenvalue weighted by Crippen LogP contribution is -2.21. The molecule has 1 heterocycles. The van der Waals surface area contributed by atoms with Crippen molar-refractivity contribution in [2.75, 3.05) is 18.1 Å². The summed E-state index contributed by atoms with van der Waals surface area (Å²) in [5.41, 5.74) is 6.31. The monoisotopic (exact) mass is 278 g/mol. The molecule has 4 atom stereocenters. The summed E-state index contributed by atoms with van der Waals surface area (Å²) in [6, 6.07) is 0.550. The predicted molar refractivity (Wildman–Crippen MR) is 75.1 cm³/mol. The minimum absolute atomic E-state index is 0.150. The number of hydrogen-bond acceptors (Lipinski definition) is 5. The molecule has 2 bridgehead atoms. The number of aromatic nitrogens is 1. The topological polar surface area (TPSA) is 80.0 Å². The van der Waals surface area contributed by atoms with Gasteiger partial charge in [-0.1, -0.05) is 0 Å². The lowest BCUT2D eigenvalue weighted by molar-refractivity contribution is 0.0965. The molecular formula is C13H18N4OS. The molecule has 19 heavy (non-hydrogen) atoms. The van der Waals surface area contributed by atoms with E-state index in [0.29, 0.717) is 17.4 Å². The van der Waals surface area contributed by atoms with E-state index in [1.165, 1.54) is 30.8 Å². The fourth-order valence-corrected chi connectivity index (χ4v) is 5.17. The lowest BCUT2D eigenvalue weighted by Gasteiger charge is -2.11. The summed E-state index contributed by atoms with van der Waals surface area (Å²) < 4.78 is 4.11. The number of nitrogen functional groups attached to an aromatic ring is 1. The van der Waals surface area contributed by atoms with Crippen LogP contribution in [-0.2, 0) is 0 Å². The van der Waals surface area contributed by atoms with Crippen molar-refractivity contribution in [1.82, 2.24) is 9.69 Å². The summed E-state index contributed by atoms with van der Waals surface area (Å²) in [5, 5.41) is 7.01. The van der Waals surface area contributed by atoms with Crippen molar-refractivity contribution in [2.45, 2.75) is 25.3 Å². The van der Waals surface area contributed by atoms with E-state index in [0.717, 1.165) is 28.7 Å². The van der Waals surface area contributed by atoms with E-state index in [-0.39, 0.29) is 5.91 Å². The Balaban J connectivity index is 1.54. The van der Waals surface area contributed by atoms with Crippen LogP contribution in [0.15, 0.2) is 0 Å². The van der Waals surface area contributed by atoms with Crippen LogP contribution in [-0.4, -0.2) is 23.4 Å². The molecule has 6 heteroatoms. The van der Waals surface area contributed by atoms with Crippen molar-refractivity contribution in [3.63, 3.8) is 0 Å². The molecule has 102 valence electrons. The zero-order chi connectivity index (χ0) is 13.1. The summed E-state index contributed by atoms with van der Waals surface area (Å²) in [7, 11) is 1.62. The maximum atomic E-state index is 11.8. The van der Waals surface area contributed by atoms with E-state index in [1.54, 1.807) is 7.05 Å². The molecule has 1 aromatic heterocycles. The number of amides is 1. The largest absolute Gasteiger partial charge is 0.382 e. The van der Waals surface area contributed by atoms with Crippen LogP contribution in [0.5, 0.6) is 0 Å². The molecule has 0 spiro atoms. The highest BCUT2D eigenvalue weighted by Gasteiger charge is 2.65. The van der Waals surface area contributed by atoms with E-state index in [4.69, 9.17) is 5.73 Å². The number of anilines is 2. The van der Waals surface area contributed by atoms with Gasteiger partial charge >= 0.3 is 0 Å². The molecule has 0 radical (unpaired) electrons. The summed E-state index contributed by atoms with van der Waals surface area (Å²) in [4.78, 5) is 11.8. The minimum atomic E-state index is -0.150. The molecule has 1 aromatic rings. The molecule has 4 unspecified atom stereocenters. The first-order chi connectivity index (χ1) is 9.20. The first-order valence-corrected chi connectivity index (χ1v) is 7.71. The normalized spacial score (nSPS) is 38.1. The lowest BCUT2D eigenvalue weighted by atomic mass is 10.0. The zero-order valence-corrected chi connectivity index (χ0v) is 11.7. The fourth-order valence-electron chi connectivity index (χ4n) is 4.42. The van der Waals surface area contributed by atoms with Gasteiger partial charge < -0.3 is 16.4 Å². The van der Waals surface area contributed by atoms with Gasteiger partial charge in [0, 0.05) is 13.1 Å². The number of nitrogens with one attached hydrogen (secondary N) is 2. The summed E-state index contributed by atoms with van der Waals surface area (Å²) in [6.45, 7) is 0. The number of fused-ring (bicyclic) bond motifs is 5. The third kappa shape index (κ3) is 1.52. The first-order valence-electron chi connectivity index (χ1n) is 6.94. The Labute approximate surface area is 116 Å². The van der Waals surface area contributed by atoms with Crippen molar-refractivity contribution in [2.24, 2.45) is 23.7 Å². The van der Waals surface area contributed by atoms with Crippen LogP contribution in [0.3, 0.4) is 0 Å². The van der Waals surface area contributed by atoms with Crippen molar-refractivity contribution in [3.05, 3.63) is 5.56 Å². The second kappa shape index (κ2) is 3.85. The Morgan fingerprint density at radius 2 is 2.05 bits per heavy atom. The average molecular weight is 278 g/mol. The molecule has 3 aliphatic rings. The van der Waals surface area contributed by atoms with E-state index in [2.05, 4.69) is 15.0 Å². The van der Waals surface area contributed by atoms with Crippen molar-refractivity contribution in [1.29, 1.82) is 0 Å². The Bertz CT molecular complexity index is 527. The molecule has 3 saturated carbocycles. The Morgan fingerprint density at radius 3 is 2.68 bits per heavy atom. The fraction of sp³-hybridized carbons (Fsp3) is 0.692. The Kier molecular flexibility index (Phi) is 2.33. The van der Waals surface area contributed by atoms with Gasteiger partial charge in [0.05, 0.1) is 0 Å². The van der Waals surface area contributed by atoms with Crippen molar-refractivity contribution >= 4 is 28.3 Å². The predicted octanol–water partition coefficient (Wildman–Crippen LogP) is 1.54. The van der Waals surface area contributed by atoms with Gasteiger partial charge in [-0.15, -0.1) is 0 Å². The van der Waals surface area contributed by atoms with E-state index < -0.39 is 0 Å². The molecule has 5 nitrogen and oxygen atoms in total. The number of rotatable bonds is 3. The van der Waals surface area contributed by atoms with E-state index in [9.17, 15) is 4.79 Å².